The van der Waals surface area contributed by atoms with Crippen molar-refractivity contribution in [2.24, 2.45) is 5.73 Å². The van der Waals surface area contributed by atoms with Crippen LogP contribution in [0.2, 0.25) is 0 Å². The molecule has 26 heavy (non-hydrogen) atoms. The molecule has 0 aliphatic heterocycles. The van der Waals surface area contributed by atoms with E-state index in [0.717, 1.165) is 0 Å². The Morgan fingerprint density at radius 2 is 1.73 bits per heavy atom. The zero-order valence-electron chi connectivity index (χ0n) is 13.4. The molecule has 3 N–H and O–H groups in total. The van der Waals surface area contributed by atoms with E-state index < -0.39 is 5.91 Å². The summed E-state index contributed by atoms with van der Waals surface area (Å²) in [5.74, 6) is 0.186. The van der Waals surface area contributed by atoms with E-state index in [1.807, 2.05) is 6.07 Å². The zero-order chi connectivity index (χ0) is 17.4. The summed E-state index contributed by atoms with van der Waals surface area (Å²) in [5, 5.41) is 3.58. The van der Waals surface area contributed by atoms with Crippen molar-refractivity contribution in [3.05, 3.63) is 76.7 Å². The fraction of sp³-hybridized carbons (Fsp3) is 0. The molecule has 0 saturated heterocycles. The molecular weight excluding hydrogens is 354 g/mol. The number of primary amides is 1. The number of nitrogens with one attached hydrogen (secondary N) is 1. The van der Waals surface area contributed by atoms with Crippen LogP contribution in [0.4, 0.5) is 11.5 Å². The summed E-state index contributed by atoms with van der Waals surface area (Å²) < 4.78 is 1.38. The van der Waals surface area contributed by atoms with Crippen molar-refractivity contribution in [2.75, 3.05) is 5.32 Å². The minimum absolute atomic E-state index is 0. The van der Waals surface area contributed by atoms with Gasteiger partial charge in [0.2, 0.25) is 5.78 Å². The van der Waals surface area contributed by atoms with Gasteiger partial charge in [-0.05, 0) is 30.3 Å². The Bertz CT molecular complexity index is 1190. The summed E-state index contributed by atoms with van der Waals surface area (Å²) in [6.07, 6.45) is 1.60. The number of aromatic nitrogens is 3. The van der Waals surface area contributed by atoms with E-state index in [4.69, 9.17) is 5.73 Å². The highest BCUT2D eigenvalue weighted by Gasteiger charge is 2.10. The normalized spacial score (nSPS) is 10.5. The molecule has 2 aromatic heterocycles. The van der Waals surface area contributed by atoms with Crippen molar-refractivity contribution in [1.29, 1.82) is 0 Å². The van der Waals surface area contributed by atoms with Gasteiger partial charge in [0, 0.05) is 6.20 Å². The molecule has 0 atom stereocenters. The number of rotatable bonds is 3. The van der Waals surface area contributed by atoms with Gasteiger partial charge in [-0.25, -0.2) is 4.98 Å². The second-order valence-electron chi connectivity index (χ2n) is 5.45. The molecule has 0 spiro atoms. The molecule has 1 amide bonds. The highest BCUT2D eigenvalue weighted by molar-refractivity contribution is 5.99. The highest BCUT2D eigenvalue weighted by Crippen LogP contribution is 2.19. The van der Waals surface area contributed by atoms with E-state index in [2.05, 4.69) is 15.3 Å². The van der Waals surface area contributed by atoms with E-state index in [1.165, 1.54) is 4.40 Å². The van der Waals surface area contributed by atoms with Crippen LogP contribution < -0.4 is 16.6 Å². The monoisotopic (exact) mass is 367 g/mol. The molecule has 0 bridgehead atoms. The van der Waals surface area contributed by atoms with Crippen molar-refractivity contribution >= 4 is 46.5 Å². The lowest BCUT2D eigenvalue weighted by molar-refractivity contribution is 0.100. The number of fused-ring (bicyclic) bond motifs is 2. The highest BCUT2D eigenvalue weighted by atomic mass is 35.5. The summed E-state index contributed by atoms with van der Waals surface area (Å²) in [5.41, 5.74) is 6.67. The fourth-order valence-corrected chi connectivity index (χ4v) is 2.65. The van der Waals surface area contributed by atoms with Crippen LogP contribution in [0.25, 0.3) is 16.7 Å². The van der Waals surface area contributed by atoms with Crippen molar-refractivity contribution in [1.82, 2.24) is 14.4 Å². The Kier molecular flexibility index (Phi) is 4.55. The van der Waals surface area contributed by atoms with E-state index in [0.29, 0.717) is 28.0 Å². The maximum absolute atomic E-state index is 12.5. The standard InChI is InChI=1S/C18H13N5O2.ClH/c19-16(24)11-5-1-3-7-13(11)20-15-9-10-23-17(25)12-6-2-4-8-14(12)21-18(23)22-15;/h1-10H,(H2,19,24)(H,20,21,22);1H. The number of anilines is 2. The summed E-state index contributed by atoms with van der Waals surface area (Å²) in [6, 6.07) is 15.6. The number of halogens is 1. The number of para-hydroxylation sites is 2. The van der Waals surface area contributed by atoms with Gasteiger partial charge in [0.1, 0.15) is 5.82 Å². The molecule has 0 saturated carbocycles. The first-order valence-corrected chi connectivity index (χ1v) is 7.57. The Morgan fingerprint density at radius 3 is 2.54 bits per heavy atom. The largest absolute Gasteiger partial charge is 0.366 e. The first-order chi connectivity index (χ1) is 12.1. The summed E-state index contributed by atoms with van der Waals surface area (Å²) >= 11 is 0. The predicted molar refractivity (Wildman–Crippen MR) is 102 cm³/mol. The number of hydrogen-bond donors (Lipinski definition) is 2. The Balaban J connectivity index is 0.00000196. The van der Waals surface area contributed by atoms with Crippen LogP contribution in [0.15, 0.2) is 65.6 Å². The third-order valence-corrected chi connectivity index (χ3v) is 3.85. The molecule has 0 unspecified atom stereocenters. The lowest BCUT2D eigenvalue weighted by atomic mass is 10.1. The number of carbonyl (C=O) groups excluding carboxylic acids is 1. The number of nitrogens with zero attached hydrogens (tertiary/aromatic N) is 3. The van der Waals surface area contributed by atoms with Gasteiger partial charge in [-0.3, -0.25) is 14.0 Å². The van der Waals surface area contributed by atoms with Gasteiger partial charge in [0.15, 0.2) is 0 Å². The van der Waals surface area contributed by atoms with Crippen LogP contribution in [-0.2, 0) is 0 Å². The molecule has 8 heteroatoms. The minimum atomic E-state index is -0.538. The van der Waals surface area contributed by atoms with Gasteiger partial charge < -0.3 is 11.1 Å². The number of hydrogen-bond acceptors (Lipinski definition) is 5. The van der Waals surface area contributed by atoms with Crippen LogP contribution in [-0.4, -0.2) is 20.3 Å². The molecule has 0 aliphatic carbocycles. The van der Waals surface area contributed by atoms with E-state index in [-0.39, 0.29) is 23.7 Å². The van der Waals surface area contributed by atoms with E-state index in [1.54, 1.807) is 54.7 Å². The maximum Gasteiger partial charge on any atom is 0.266 e. The molecule has 0 radical (unpaired) electrons. The lowest BCUT2D eigenvalue weighted by Gasteiger charge is -2.10. The van der Waals surface area contributed by atoms with Crippen LogP contribution >= 0.6 is 12.4 Å². The first kappa shape index (κ1) is 17.4. The summed E-state index contributed by atoms with van der Waals surface area (Å²) in [4.78, 5) is 32.8. The number of benzene rings is 2. The average molecular weight is 368 g/mol. The first-order valence-electron chi connectivity index (χ1n) is 7.57. The van der Waals surface area contributed by atoms with Gasteiger partial charge in [0.05, 0.1) is 22.2 Å². The Labute approximate surface area is 153 Å². The molecule has 2 heterocycles. The molecule has 2 aromatic carbocycles. The molecule has 4 aromatic rings. The van der Waals surface area contributed by atoms with Crippen molar-refractivity contribution < 1.29 is 4.79 Å². The minimum Gasteiger partial charge on any atom is -0.366 e. The fourth-order valence-electron chi connectivity index (χ4n) is 2.65. The van der Waals surface area contributed by atoms with Crippen LogP contribution in [0.5, 0.6) is 0 Å². The van der Waals surface area contributed by atoms with Gasteiger partial charge in [-0.15, -0.1) is 12.4 Å². The maximum atomic E-state index is 12.5. The van der Waals surface area contributed by atoms with Gasteiger partial charge in [-0.1, -0.05) is 24.3 Å². The quantitative estimate of drug-likeness (QED) is 0.541. The SMILES string of the molecule is Cl.NC(=O)c1ccccc1Nc1ccn2c(=O)c3ccccc3nc2n1. The summed E-state index contributed by atoms with van der Waals surface area (Å²) in [6.45, 7) is 0. The van der Waals surface area contributed by atoms with Crippen molar-refractivity contribution in [3.8, 4) is 0 Å². The molecule has 0 fully saturated rings. The Morgan fingerprint density at radius 1 is 1.00 bits per heavy atom. The lowest BCUT2D eigenvalue weighted by Crippen LogP contribution is -2.17. The molecular formula is C18H14ClN5O2. The van der Waals surface area contributed by atoms with Crippen LogP contribution in [0.3, 0.4) is 0 Å². The van der Waals surface area contributed by atoms with Crippen LogP contribution in [0.1, 0.15) is 10.4 Å². The number of nitrogens with two attached hydrogens (primary N) is 1. The van der Waals surface area contributed by atoms with E-state index >= 15 is 0 Å². The molecule has 7 nitrogen and oxygen atoms in total. The molecule has 4 rings (SSSR count). The average Bonchev–Trinajstić information content (AvgIpc) is 2.62. The van der Waals surface area contributed by atoms with Crippen LogP contribution in [0, 0.1) is 0 Å². The third-order valence-electron chi connectivity index (χ3n) is 3.85. The summed E-state index contributed by atoms with van der Waals surface area (Å²) in [7, 11) is 0. The van der Waals surface area contributed by atoms with Crippen molar-refractivity contribution in [2.45, 2.75) is 0 Å². The second kappa shape index (κ2) is 6.81. The predicted octanol–water partition coefficient (Wildman–Crippen LogP) is 2.51. The van der Waals surface area contributed by atoms with E-state index in [9.17, 15) is 9.59 Å². The third kappa shape index (κ3) is 2.96. The Hall–Kier alpha value is -3.45. The zero-order valence-corrected chi connectivity index (χ0v) is 14.2. The van der Waals surface area contributed by atoms with Gasteiger partial charge in [0.25, 0.3) is 11.5 Å². The van der Waals surface area contributed by atoms with Gasteiger partial charge in [-0.2, -0.15) is 4.98 Å². The molecule has 130 valence electrons. The topological polar surface area (TPSA) is 102 Å². The smallest absolute Gasteiger partial charge is 0.266 e. The van der Waals surface area contributed by atoms with Gasteiger partial charge >= 0.3 is 0 Å². The molecule has 0 aliphatic rings. The second-order valence-corrected chi connectivity index (χ2v) is 5.45. The number of carbonyl (C=O) groups is 1. The number of amides is 1. The van der Waals surface area contributed by atoms with Crippen molar-refractivity contribution in [3.63, 3.8) is 0 Å².